The van der Waals surface area contributed by atoms with Gasteiger partial charge in [0.05, 0.1) is 5.60 Å². The van der Waals surface area contributed by atoms with Crippen molar-refractivity contribution >= 4 is 14.1 Å². The molecule has 2 aliphatic rings. The Morgan fingerprint density at radius 1 is 1.11 bits per heavy atom. The van der Waals surface area contributed by atoms with Crippen molar-refractivity contribution in [2.24, 2.45) is 23.2 Å². The topological polar surface area (TPSA) is 46.5 Å². The molecule has 10 heteroatoms. The van der Waals surface area contributed by atoms with E-state index in [2.05, 4.69) is 25.6 Å². The molecule has 2 unspecified atom stereocenters. The normalized spacial score (nSPS) is 26.9. The van der Waals surface area contributed by atoms with E-state index >= 15 is 0 Å². The van der Waals surface area contributed by atoms with Crippen LogP contribution in [0.15, 0.2) is 0 Å². The smallest absolute Gasteiger partial charge is 0.413 e. The molecule has 0 saturated heterocycles. The molecule has 0 aromatic heterocycles. The van der Waals surface area contributed by atoms with Crippen LogP contribution < -0.4 is 0 Å². The van der Waals surface area contributed by atoms with E-state index in [9.17, 15) is 36.2 Å². The molecule has 0 spiro atoms. The molecule has 0 amide bonds. The monoisotopic (exact) mass is 542 g/mol. The standard InChI is InChI=1S/C26H40F6O3Si/c1-22(2,35-36(4,5)6)15-7-10-18(11-8-17-24(34,25(27,28)29)26(30,31)32)19-13-14-20-21(33)12-9-16-23(19,20)3/h18-20,34H,7,9-16H2,1-6H3/t18-,19?,20?,23+/m0/s1. The van der Waals surface area contributed by atoms with E-state index in [-0.39, 0.29) is 35.4 Å². The van der Waals surface area contributed by atoms with E-state index in [0.717, 1.165) is 18.8 Å². The number of carbonyl (C=O) groups is 1. The summed E-state index contributed by atoms with van der Waals surface area (Å²) in [6.07, 6.45) is -6.81. The molecule has 3 nitrogen and oxygen atoms in total. The van der Waals surface area contributed by atoms with Crippen LogP contribution in [-0.2, 0) is 9.22 Å². The number of fused-ring (bicyclic) bond motifs is 1. The SMILES string of the molecule is CC(C)(CCC[C@@H](CC#CC(O)(C(F)(F)F)C(F)(F)F)C1CCC2C(=O)CCC[C@@]21C)O[Si](C)(C)C. The fourth-order valence-electron chi connectivity index (χ4n) is 6.47. The zero-order valence-corrected chi connectivity index (χ0v) is 23.1. The summed E-state index contributed by atoms with van der Waals surface area (Å²) in [7, 11) is -1.82. The minimum Gasteiger partial charge on any atom is -0.413 e. The highest BCUT2D eigenvalue weighted by molar-refractivity contribution is 6.69. The molecule has 4 atom stereocenters. The van der Waals surface area contributed by atoms with Crippen LogP contribution in [0.2, 0.25) is 19.6 Å². The molecular formula is C26H40F6O3Si. The van der Waals surface area contributed by atoms with Gasteiger partial charge in [0.15, 0.2) is 8.32 Å². The Balaban J connectivity index is 2.29. The van der Waals surface area contributed by atoms with Crippen LogP contribution in [0.25, 0.3) is 0 Å². The van der Waals surface area contributed by atoms with E-state index in [1.54, 1.807) is 0 Å². The lowest BCUT2D eigenvalue weighted by Gasteiger charge is -2.43. The molecule has 0 bridgehead atoms. The van der Waals surface area contributed by atoms with Crippen molar-refractivity contribution in [1.82, 2.24) is 0 Å². The molecule has 0 aromatic carbocycles. The van der Waals surface area contributed by atoms with Crippen molar-refractivity contribution in [2.75, 3.05) is 0 Å². The second kappa shape index (κ2) is 10.6. The lowest BCUT2D eigenvalue weighted by Crippen LogP contribution is -2.55. The van der Waals surface area contributed by atoms with Gasteiger partial charge in [-0.25, -0.2) is 0 Å². The molecule has 2 aliphatic carbocycles. The predicted molar refractivity (Wildman–Crippen MR) is 128 cm³/mol. The van der Waals surface area contributed by atoms with Crippen LogP contribution in [0.1, 0.15) is 78.6 Å². The molecule has 2 rings (SSSR count). The zero-order chi connectivity index (χ0) is 27.8. The van der Waals surface area contributed by atoms with Gasteiger partial charge in [-0.05, 0) is 95.2 Å². The van der Waals surface area contributed by atoms with E-state index in [1.165, 1.54) is 0 Å². The van der Waals surface area contributed by atoms with Gasteiger partial charge in [0, 0.05) is 18.8 Å². The van der Waals surface area contributed by atoms with Gasteiger partial charge in [-0.15, -0.1) is 0 Å². The summed E-state index contributed by atoms with van der Waals surface area (Å²) in [6, 6.07) is 0. The third kappa shape index (κ3) is 7.07. The number of halogens is 6. The maximum atomic E-state index is 13.1. The highest BCUT2D eigenvalue weighted by Gasteiger charge is 2.70. The Labute approximate surface area is 211 Å². The van der Waals surface area contributed by atoms with Gasteiger partial charge < -0.3 is 9.53 Å². The molecule has 0 aliphatic heterocycles. The van der Waals surface area contributed by atoms with Crippen molar-refractivity contribution in [2.45, 2.75) is 122 Å². The van der Waals surface area contributed by atoms with E-state index in [4.69, 9.17) is 4.43 Å². The Bertz CT molecular complexity index is 835. The van der Waals surface area contributed by atoms with Crippen LogP contribution in [-0.4, -0.2) is 42.8 Å². The van der Waals surface area contributed by atoms with Gasteiger partial charge in [0.2, 0.25) is 0 Å². The molecule has 1 N–H and O–H groups in total. The van der Waals surface area contributed by atoms with Crippen molar-refractivity contribution in [3.63, 3.8) is 0 Å². The Kier molecular flexibility index (Phi) is 9.18. The van der Waals surface area contributed by atoms with Crippen molar-refractivity contribution in [1.29, 1.82) is 0 Å². The first kappa shape index (κ1) is 31.2. The van der Waals surface area contributed by atoms with Crippen LogP contribution in [0.3, 0.4) is 0 Å². The molecule has 2 fully saturated rings. The van der Waals surface area contributed by atoms with Crippen molar-refractivity contribution in [3.05, 3.63) is 0 Å². The quantitative estimate of drug-likeness (QED) is 0.197. The minimum absolute atomic E-state index is 0.0352. The van der Waals surface area contributed by atoms with Gasteiger partial charge in [-0.2, -0.15) is 26.3 Å². The fourth-order valence-corrected chi connectivity index (χ4v) is 8.23. The Hall–Kier alpha value is -1.05. The predicted octanol–water partition coefficient (Wildman–Crippen LogP) is 7.44. The highest BCUT2D eigenvalue weighted by Crippen LogP contribution is 2.57. The molecule has 36 heavy (non-hydrogen) atoms. The third-order valence-corrected chi connectivity index (χ3v) is 9.06. The summed E-state index contributed by atoms with van der Waals surface area (Å²) in [5.41, 5.74) is -5.81. The molecular weight excluding hydrogens is 502 g/mol. The van der Waals surface area contributed by atoms with Crippen molar-refractivity contribution in [3.8, 4) is 11.8 Å². The number of ketones is 1. The Morgan fingerprint density at radius 2 is 1.69 bits per heavy atom. The van der Waals surface area contributed by atoms with Gasteiger partial charge in [-0.3, -0.25) is 4.79 Å². The highest BCUT2D eigenvalue weighted by atomic mass is 28.4. The van der Waals surface area contributed by atoms with E-state index in [0.29, 0.717) is 38.5 Å². The first-order valence-electron chi connectivity index (χ1n) is 12.7. The number of alkyl halides is 6. The summed E-state index contributed by atoms with van der Waals surface area (Å²) in [5, 5.41) is 9.45. The van der Waals surface area contributed by atoms with E-state index < -0.39 is 31.9 Å². The first-order chi connectivity index (χ1) is 16.1. The fraction of sp³-hybridized carbons (Fsp3) is 0.885. The average Bonchev–Trinajstić information content (AvgIpc) is 3.01. The summed E-state index contributed by atoms with van der Waals surface area (Å²) in [4.78, 5) is 12.6. The average molecular weight is 543 g/mol. The number of rotatable bonds is 8. The number of hydrogen-bond donors (Lipinski definition) is 1. The molecule has 0 aromatic rings. The Morgan fingerprint density at radius 3 is 2.22 bits per heavy atom. The van der Waals surface area contributed by atoms with Gasteiger partial charge in [-0.1, -0.05) is 19.3 Å². The van der Waals surface area contributed by atoms with Gasteiger partial charge in [0.25, 0.3) is 0 Å². The maximum Gasteiger partial charge on any atom is 0.438 e. The molecule has 208 valence electrons. The van der Waals surface area contributed by atoms with Crippen LogP contribution in [0, 0.1) is 35.0 Å². The summed E-state index contributed by atoms with van der Waals surface area (Å²) < 4.78 is 84.8. The number of aliphatic hydroxyl groups is 1. The minimum atomic E-state index is -5.97. The molecule has 0 radical (unpaired) electrons. The number of hydrogen-bond acceptors (Lipinski definition) is 3. The van der Waals surface area contributed by atoms with Crippen LogP contribution >= 0.6 is 0 Å². The summed E-state index contributed by atoms with van der Waals surface area (Å²) in [5.74, 6) is 2.96. The third-order valence-electron chi connectivity index (χ3n) is 7.90. The lowest BCUT2D eigenvalue weighted by molar-refractivity contribution is -0.343. The molecule has 0 heterocycles. The second-order valence-electron chi connectivity index (χ2n) is 12.4. The lowest BCUT2D eigenvalue weighted by atomic mass is 9.61. The molecule has 2 saturated carbocycles. The summed E-state index contributed by atoms with van der Waals surface area (Å²) >= 11 is 0. The first-order valence-corrected chi connectivity index (χ1v) is 16.1. The van der Waals surface area contributed by atoms with Crippen molar-refractivity contribution < 1.29 is 40.7 Å². The van der Waals surface area contributed by atoms with Crippen LogP contribution in [0.5, 0.6) is 0 Å². The maximum absolute atomic E-state index is 13.1. The zero-order valence-electron chi connectivity index (χ0n) is 22.1. The van der Waals surface area contributed by atoms with E-state index in [1.807, 2.05) is 20.8 Å². The van der Waals surface area contributed by atoms with Gasteiger partial charge >= 0.3 is 18.0 Å². The van der Waals surface area contributed by atoms with Gasteiger partial charge in [0.1, 0.15) is 5.78 Å². The largest absolute Gasteiger partial charge is 0.438 e. The van der Waals surface area contributed by atoms with Crippen LogP contribution in [0.4, 0.5) is 26.3 Å². The summed E-state index contributed by atoms with van der Waals surface area (Å²) in [6.45, 7) is 12.2. The second-order valence-corrected chi connectivity index (χ2v) is 16.8. The number of Topliss-reactive ketones (excluding diaryl/α,β-unsaturated/α-hetero) is 1. The number of carbonyl (C=O) groups excluding carboxylic acids is 1.